The Hall–Kier alpha value is -3.43. The molecule has 4 aromatic rings. The van der Waals surface area contributed by atoms with Crippen molar-refractivity contribution in [1.29, 1.82) is 5.26 Å². The van der Waals surface area contributed by atoms with Crippen molar-refractivity contribution in [3.8, 4) is 16.8 Å². The summed E-state index contributed by atoms with van der Waals surface area (Å²) in [6, 6.07) is 14.8. The molecule has 0 bridgehead atoms. The number of thiazole rings is 1. The summed E-state index contributed by atoms with van der Waals surface area (Å²) < 4.78 is 12.0. The zero-order valence-corrected chi connectivity index (χ0v) is 14.5. The van der Waals surface area contributed by atoms with Crippen molar-refractivity contribution in [1.82, 2.24) is 4.98 Å². The molecule has 0 saturated heterocycles. The first-order valence-corrected chi connectivity index (χ1v) is 8.64. The maximum Gasteiger partial charge on any atom is 0.207 e. The molecule has 1 aromatic carbocycles. The van der Waals surface area contributed by atoms with Crippen LogP contribution in [-0.4, -0.2) is 10.8 Å². The van der Waals surface area contributed by atoms with Crippen molar-refractivity contribution in [2.24, 2.45) is 0 Å². The second-order valence-corrected chi connectivity index (χ2v) is 6.61. The Morgan fingerprint density at radius 3 is 2.81 bits per heavy atom. The van der Waals surface area contributed by atoms with Crippen LogP contribution in [0.4, 0.5) is 0 Å². The lowest BCUT2D eigenvalue weighted by Gasteiger charge is -1.96. The molecular weight excluding hydrogens is 348 g/mol. The maximum absolute atomic E-state index is 12.5. The van der Waals surface area contributed by atoms with E-state index in [2.05, 4.69) is 4.98 Å². The van der Waals surface area contributed by atoms with Crippen molar-refractivity contribution in [3.63, 3.8) is 0 Å². The van der Waals surface area contributed by atoms with Gasteiger partial charge in [0.1, 0.15) is 23.2 Å². The van der Waals surface area contributed by atoms with E-state index in [-0.39, 0.29) is 5.57 Å². The molecule has 0 aliphatic carbocycles. The minimum Gasteiger partial charge on any atom is -0.469 e. The van der Waals surface area contributed by atoms with Crippen LogP contribution in [0, 0.1) is 18.3 Å². The fraction of sp³-hybridized carbons (Fsp3) is 0.0500. The monoisotopic (exact) mass is 360 g/mol. The second-order valence-electron chi connectivity index (χ2n) is 5.58. The zero-order valence-electron chi connectivity index (χ0n) is 13.7. The van der Waals surface area contributed by atoms with Crippen molar-refractivity contribution in [3.05, 3.63) is 71.4 Å². The molecule has 3 heterocycles. The Kier molecular flexibility index (Phi) is 3.99. The predicted molar refractivity (Wildman–Crippen MR) is 98.7 cm³/mol. The van der Waals surface area contributed by atoms with Crippen LogP contribution in [0.15, 0.2) is 63.1 Å². The average molecular weight is 360 g/mol. The molecule has 3 aromatic heterocycles. The molecule has 6 heteroatoms. The minimum atomic E-state index is -0.392. The lowest BCUT2D eigenvalue weighted by atomic mass is 10.0. The molecule has 0 spiro atoms. The highest BCUT2D eigenvalue weighted by Crippen LogP contribution is 2.31. The Morgan fingerprint density at radius 1 is 1.23 bits per heavy atom. The molecule has 0 radical (unpaired) electrons. The van der Waals surface area contributed by atoms with Crippen LogP contribution < -0.4 is 0 Å². The normalized spacial score (nSPS) is 11.6. The SMILES string of the molecule is Cc1occc1C(=O)/C(C#N)=C/c1ccc(-c2nc3ccccc3s2)o1. The van der Waals surface area contributed by atoms with Gasteiger partial charge in [-0.3, -0.25) is 4.79 Å². The van der Waals surface area contributed by atoms with Gasteiger partial charge >= 0.3 is 0 Å². The quantitative estimate of drug-likeness (QED) is 0.282. The molecule has 0 atom stereocenters. The number of nitrogens with zero attached hydrogens (tertiary/aromatic N) is 2. The Bertz CT molecular complexity index is 1150. The van der Waals surface area contributed by atoms with Crippen LogP contribution >= 0.6 is 11.3 Å². The fourth-order valence-corrected chi connectivity index (χ4v) is 3.51. The van der Waals surface area contributed by atoms with Gasteiger partial charge in [0.25, 0.3) is 0 Å². The number of allylic oxidation sites excluding steroid dienone is 1. The van der Waals surface area contributed by atoms with Crippen molar-refractivity contribution < 1.29 is 13.6 Å². The van der Waals surface area contributed by atoms with E-state index in [1.165, 1.54) is 23.7 Å². The number of benzene rings is 1. The largest absolute Gasteiger partial charge is 0.469 e. The number of furan rings is 2. The summed E-state index contributed by atoms with van der Waals surface area (Å²) in [5.41, 5.74) is 1.26. The number of nitriles is 1. The summed E-state index contributed by atoms with van der Waals surface area (Å²) in [4.78, 5) is 17.0. The van der Waals surface area contributed by atoms with E-state index in [1.54, 1.807) is 25.1 Å². The molecule has 0 aliphatic heterocycles. The van der Waals surface area contributed by atoms with Gasteiger partial charge in [-0.2, -0.15) is 5.26 Å². The second kappa shape index (κ2) is 6.47. The molecule has 0 unspecified atom stereocenters. The van der Waals surface area contributed by atoms with Gasteiger partial charge in [-0.05, 0) is 37.3 Å². The third kappa shape index (κ3) is 2.85. The number of aromatic nitrogens is 1. The molecule has 4 rings (SSSR count). The summed E-state index contributed by atoms with van der Waals surface area (Å²) in [5, 5.41) is 10.1. The molecule has 0 saturated carbocycles. The maximum atomic E-state index is 12.5. The molecule has 126 valence electrons. The number of ketones is 1. The highest BCUT2D eigenvalue weighted by atomic mass is 32.1. The Labute approximate surface area is 152 Å². The highest BCUT2D eigenvalue weighted by molar-refractivity contribution is 7.21. The van der Waals surface area contributed by atoms with Gasteiger partial charge in [-0.15, -0.1) is 11.3 Å². The number of rotatable bonds is 4. The van der Waals surface area contributed by atoms with Crippen LogP contribution in [0.3, 0.4) is 0 Å². The number of aryl methyl sites for hydroxylation is 1. The minimum absolute atomic E-state index is 0.0142. The van der Waals surface area contributed by atoms with Crippen LogP contribution in [0.25, 0.3) is 27.1 Å². The van der Waals surface area contributed by atoms with Gasteiger partial charge in [0.05, 0.1) is 22.0 Å². The first kappa shape index (κ1) is 16.1. The van der Waals surface area contributed by atoms with E-state index in [0.29, 0.717) is 22.8 Å². The standard InChI is InChI=1S/C20H12N2O3S/c1-12-15(8-9-24-12)19(23)13(11-21)10-14-6-7-17(25-14)20-22-16-4-2-3-5-18(16)26-20/h2-10H,1H3/b13-10+. The van der Waals surface area contributed by atoms with Gasteiger partial charge in [0, 0.05) is 6.08 Å². The summed E-state index contributed by atoms with van der Waals surface area (Å²) in [5.74, 6) is 1.11. The van der Waals surface area contributed by atoms with Crippen molar-refractivity contribution in [2.75, 3.05) is 0 Å². The lowest BCUT2D eigenvalue weighted by Crippen LogP contribution is -2.01. The third-order valence-electron chi connectivity index (χ3n) is 3.89. The molecule has 0 aliphatic rings. The molecule has 5 nitrogen and oxygen atoms in total. The first-order chi connectivity index (χ1) is 12.7. The average Bonchev–Trinajstić information content (AvgIpc) is 3.37. The Balaban J connectivity index is 1.66. The smallest absolute Gasteiger partial charge is 0.207 e. The summed E-state index contributed by atoms with van der Waals surface area (Å²) in [6.45, 7) is 1.68. The van der Waals surface area contributed by atoms with E-state index in [1.807, 2.05) is 30.3 Å². The first-order valence-electron chi connectivity index (χ1n) is 7.82. The van der Waals surface area contributed by atoms with Gasteiger partial charge in [-0.25, -0.2) is 4.98 Å². The zero-order chi connectivity index (χ0) is 18.1. The van der Waals surface area contributed by atoms with E-state index in [0.717, 1.165) is 15.2 Å². The van der Waals surface area contributed by atoms with Crippen LogP contribution in [0.1, 0.15) is 21.9 Å². The topological polar surface area (TPSA) is 80.0 Å². The number of para-hydroxylation sites is 1. The van der Waals surface area contributed by atoms with Crippen LogP contribution in [-0.2, 0) is 0 Å². The van der Waals surface area contributed by atoms with Gasteiger partial charge in [0.15, 0.2) is 10.8 Å². The lowest BCUT2D eigenvalue weighted by molar-refractivity contribution is 0.103. The summed E-state index contributed by atoms with van der Waals surface area (Å²) in [7, 11) is 0. The molecular formula is C20H12N2O3S. The number of hydrogen-bond acceptors (Lipinski definition) is 6. The van der Waals surface area contributed by atoms with E-state index in [4.69, 9.17) is 8.83 Å². The van der Waals surface area contributed by atoms with Crippen molar-refractivity contribution in [2.45, 2.75) is 6.92 Å². The molecule has 0 fully saturated rings. The highest BCUT2D eigenvalue weighted by Gasteiger charge is 2.17. The van der Waals surface area contributed by atoms with Gasteiger partial charge in [0.2, 0.25) is 5.78 Å². The van der Waals surface area contributed by atoms with E-state index in [9.17, 15) is 10.1 Å². The molecule has 0 N–H and O–H groups in total. The predicted octanol–water partition coefficient (Wildman–Crippen LogP) is 5.25. The van der Waals surface area contributed by atoms with Crippen LogP contribution in [0.2, 0.25) is 0 Å². The summed E-state index contributed by atoms with van der Waals surface area (Å²) in [6.07, 6.45) is 2.86. The van der Waals surface area contributed by atoms with Crippen molar-refractivity contribution >= 4 is 33.4 Å². The number of hydrogen-bond donors (Lipinski definition) is 0. The van der Waals surface area contributed by atoms with Crippen LogP contribution in [0.5, 0.6) is 0 Å². The number of fused-ring (bicyclic) bond motifs is 1. The number of Topliss-reactive ketones (excluding diaryl/α,β-unsaturated/α-hetero) is 1. The number of carbonyl (C=O) groups excluding carboxylic acids is 1. The fourth-order valence-electron chi connectivity index (χ4n) is 2.58. The molecule has 0 amide bonds. The van der Waals surface area contributed by atoms with Gasteiger partial charge in [-0.1, -0.05) is 12.1 Å². The van der Waals surface area contributed by atoms with E-state index >= 15 is 0 Å². The third-order valence-corrected chi connectivity index (χ3v) is 4.94. The Morgan fingerprint density at radius 2 is 2.08 bits per heavy atom. The summed E-state index contributed by atoms with van der Waals surface area (Å²) >= 11 is 1.52. The van der Waals surface area contributed by atoms with Gasteiger partial charge < -0.3 is 8.83 Å². The van der Waals surface area contributed by atoms with E-state index < -0.39 is 5.78 Å². The molecule has 26 heavy (non-hydrogen) atoms. The number of carbonyl (C=O) groups is 1.